The predicted molar refractivity (Wildman–Crippen MR) is 93.8 cm³/mol. The summed E-state index contributed by atoms with van der Waals surface area (Å²) >= 11 is -1.07. The number of halogens is 6. The average molecular weight is 505 g/mol. The Balaban J connectivity index is 1.59. The lowest BCUT2D eigenvalue weighted by Crippen LogP contribution is -2.56. The van der Waals surface area contributed by atoms with E-state index < -0.39 is 58.5 Å². The molecular formula is C15H13F5IN3O3. The van der Waals surface area contributed by atoms with E-state index in [-0.39, 0.29) is 23.0 Å². The van der Waals surface area contributed by atoms with Gasteiger partial charge in [-0.05, 0) is 12.8 Å². The van der Waals surface area contributed by atoms with Crippen LogP contribution in [-0.2, 0) is 3.07 Å². The first-order valence-electron chi connectivity index (χ1n) is 7.88. The molecule has 148 valence electrons. The van der Waals surface area contributed by atoms with Crippen LogP contribution in [0.3, 0.4) is 0 Å². The lowest BCUT2D eigenvalue weighted by molar-refractivity contribution is -0.153. The van der Waals surface area contributed by atoms with Crippen LogP contribution in [0, 0.1) is 0 Å². The number of aliphatic imine (C=N–C) groups is 1. The second-order valence-electron chi connectivity index (χ2n) is 6.55. The topological polar surface area (TPSA) is 67.2 Å². The van der Waals surface area contributed by atoms with Gasteiger partial charge in [-0.3, -0.25) is 4.98 Å². The number of aromatic nitrogens is 1. The van der Waals surface area contributed by atoms with E-state index in [0.29, 0.717) is 16.5 Å². The molecule has 6 nitrogen and oxygen atoms in total. The summed E-state index contributed by atoms with van der Waals surface area (Å²) in [6, 6.07) is 1.25. The van der Waals surface area contributed by atoms with E-state index in [1.165, 1.54) is 17.2 Å². The maximum Gasteiger partial charge on any atom is 0.422 e. The number of nitrogens with zero attached hydrogens (tertiary/aromatic N) is 3. The van der Waals surface area contributed by atoms with Gasteiger partial charge in [0.2, 0.25) is 5.90 Å². The summed E-state index contributed by atoms with van der Waals surface area (Å²) in [7, 11) is 0. The Labute approximate surface area is 160 Å². The van der Waals surface area contributed by atoms with E-state index >= 15 is 0 Å². The predicted octanol–water partition coefficient (Wildman–Crippen LogP) is 2.80. The summed E-state index contributed by atoms with van der Waals surface area (Å²) in [6.45, 7) is -2.78. The number of anilines is 1. The zero-order valence-corrected chi connectivity index (χ0v) is 15.7. The summed E-state index contributed by atoms with van der Waals surface area (Å²) in [5.41, 5.74) is -0.743. The van der Waals surface area contributed by atoms with Crippen molar-refractivity contribution >= 4 is 36.4 Å². The molecule has 1 aromatic rings. The average Bonchev–Trinajstić information content (AvgIpc) is 3.10. The summed E-state index contributed by atoms with van der Waals surface area (Å²) in [5, 5.41) is 10.0. The second-order valence-corrected chi connectivity index (χ2v) is 8.45. The summed E-state index contributed by atoms with van der Waals surface area (Å²) in [6.07, 6.45) is -2.29. The van der Waals surface area contributed by atoms with Crippen molar-refractivity contribution in [2.45, 2.75) is 30.5 Å². The molecule has 0 unspecified atom stereocenters. The van der Waals surface area contributed by atoms with Crippen molar-refractivity contribution in [1.29, 1.82) is 0 Å². The Hall–Kier alpha value is -1.57. The quantitative estimate of drug-likeness (QED) is 0.493. The zero-order valence-electron chi connectivity index (χ0n) is 13.6. The lowest BCUT2D eigenvalue weighted by atomic mass is 10.1. The molecule has 1 N–H and O–H groups in total. The van der Waals surface area contributed by atoms with Gasteiger partial charge >= 0.3 is 6.18 Å². The SMILES string of the molecule is OC1(C2=NC(c3cc(OCC(F)(F)F)c(N4CC(F)(F)C4)cn3)=IO2)CC1. The molecule has 2 fully saturated rings. The van der Waals surface area contributed by atoms with Gasteiger partial charge in [-0.1, -0.05) is 0 Å². The Morgan fingerprint density at radius 1 is 1.30 bits per heavy atom. The Bertz CT molecular complexity index is 830. The molecule has 27 heavy (non-hydrogen) atoms. The van der Waals surface area contributed by atoms with Gasteiger partial charge in [0.05, 0.1) is 25.0 Å². The van der Waals surface area contributed by atoms with E-state index in [1.54, 1.807) is 0 Å². The number of rotatable bonds is 5. The first-order chi connectivity index (χ1) is 12.5. The molecule has 0 aromatic carbocycles. The highest BCUT2D eigenvalue weighted by molar-refractivity contribution is 14.2. The first-order valence-corrected chi connectivity index (χ1v) is 9.84. The van der Waals surface area contributed by atoms with Crippen molar-refractivity contribution < 1.29 is 34.9 Å². The number of pyridine rings is 1. The molecule has 0 radical (unpaired) electrons. The van der Waals surface area contributed by atoms with Crippen molar-refractivity contribution in [2.75, 3.05) is 24.6 Å². The molecule has 1 saturated carbocycles. The molecule has 0 amide bonds. The Kier molecular flexibility index (Phi) is 4.33. The summed E-state index contributed by atoms with van der Waals surface area (Å²) in [4.78, 5) is 9.54. The van der Waals surface area contributed by atoms with Crippen LogP contribution in [0.4, 0.5) is 27.6 Å². The molecule has 2 aliphatic heterocycles. The van der Waals surface area contributed by atoms with Crippen LogP contribution in [0.25, 0.3) is 0 Å². The largest absolute Gasteiger partial charge is 0.482 e. The number of hydrogen-bond donors (Lipinski definition) is 1. The van der Waals surface area contributed by atoms with Crippen LogP contribution in [0.5, 0.6) is 5.75 Å². The third-order valence-electron chi connectivity index (χ3n) is 4.14. The molecule has 3 aliphatic rings. The van der Waals surface area contributed by atoms with E-state index in [9.17, 15) is 27.1 Å². The maximum absolute atomic E-state index is 13.1. The van der Waals surface area contributed by atoms with Crippen molar-refractivity contribution in [3.05, 3.63) is 18.0 Å². The van der Waals surface area contributed by atoms with Crippen molar-refractivity contribution in [3.63, 3.8) is 0 Å². The van der Waals surface area contributed by atoms with Crippen molar-refractivity contribution in [2.24, 2.45) is 4.99 Å². The Morgan fingerprint density at radius 2 is 2.00 bits per heavy atom. The van der Waals surface area contributed by atoms with Crippen LogP contribution in [0.1, 0.15) is 18.5 Å². The maximum atomic E-state index is 13.1. The van der Waals surface area contributed by atoms with Gasteiger partial charge in [-0.25, -0.2) is 13.8 Å². The third-order valence-corrected chi connectivity index (χ3v) is 5.99. The molecule has 1 saturated heterocycles. The van der Waals surface area contributed by atoms with Crippen molar-refractivity contribution in [3.8, 4) is 5.75 Å². The normalized spacial score (nSPS) is 22.8. The highest BCUT2D eigenvalue weighted by Gasteiger charge is 2.49. The fourth-order valence-corrected chi connectivity index (χ4v) is 4.30. The molecule has 3 heterocycles. The van der Waals surface area contributed by atoms with Gasteiger partial charge in [-0.15, -0.1) is 0 Å². The molecule has 1 aliphatic carbocycles. The fourth-order valence-electron chi connectivity index (χ4n) is 2.54. The minimum Gasteiger partial charge on any atom is -0.482 e. The fraction of sp³-hybridized carbons (Fsp3) is 0.533. The highest BCUT2D eigenvalue weighted by Crippen LogP contribution is 2.42. The molecule has 0 spiro atoms. The first kappa shape index (κ1) is 18.8. The number of hydrogen-bond acceptors (Lipinski definition) is 6. The zero-order chi connectivity index (χ0) is 19.4. The molecule has 0 atom stereocenters. The van der Waals surface area contributed by atoms with Gasteiger partial charge in [0.15, 0.2) is 10.2 Å². The van der Waals surface area contributed by atoms with Gasteiger partial charge in [0.1, 0.15) is 38.2 Å². The minimum absolute atomic E-state index is 0.0664. The summed E-state index contributed by atoms with van der Waals surface area (Å²) in [5.74, 6) is -2.88. The van der Waals surface area contributed by atoms with Gasteiger partial charge in [0.25, 0.3) is 5.92 Å². The van der Waals surface area contributed by atoms with Gasteiger partial charge < -0.3 is 17.8 Å². The van der Waals surface area contributed by atoms with Gasteiger partial charge in [0, 0.05) is 6.07 Å². The Morgan fingerprint density at radius 3 is 2.59 bits per heavy atom. The molecule has 0 bridgehead atoms. The lowest BCUT2D eigenvalue weighted by Gasteiger charge is -2.40. The number of alkyl halides is 5. The standard InChI is InChI=1S/C15H13F5IN3O3/c16-14(17)5-24(6-14)9-4-22-8(3-10(9)26-7-15(18,19)20)11-21-27-12(23-11)13(25)1-2-13/h3-4,25H,1-2,5-7H2. The van der Waals surface area contributed by atoms with Crippen LogP contribution in [-0.4, -0.2) is 57.0 Å². The number of ether oxygens (including phenoxy) is 1. The molecular weight excluding hydrogens is 492 g/mol. The highest BCUT2D eigenvalue weighted by atomic mass is 127. The molecule has 12 heteroatoms. The van der Waals surface area contributed by atoms with E-state index in [4.69, 9.17) is 7.80 Å². The van der Waals surface area contributed by atoms with Crippen LogP contribution in [0.2, 0.25) is 0 Å². The van der Waals surface area contributed by atoms with Gasteiger partial charge in [-0.2, -0.15) is 13.2 Å². The van der Waals surface area contributed by atoms with Crippen LogP contribution in [0.15, 0.2) is 17.3 Å². The van der Waals surface area contributed by atoms with E-state index in [2.05, 4.69) is 9.98 Å². The van der Waals surface area contributed by atoms with E-state index in [1.807, 2.05) is 0 Å². The third kappa shape index (κ3) is 4.00. The second kappa shape index (κ2) is 6.22. The summed E-state index contributed by atoms with van der Waals surface area (Å²) < 4.78 is 74.6. The smallest absolute Gasteiger partial charge is 0.422 e. The van der Waals surface area contributed by atoms with E-state index in [0.717, 1.165) is 0 Å². The van der Waals surface area contributed by atoms with Crippen molar-refractivity contribution in [1.82, 2.24) is 4.98 Å². The molecule has 4 rings (SSSR count). The van der Waals surface area contributed by atoms with Crippen LogP contribution >= 0.6 is 21.1 Å². The minimum atomic E-state index is -4.57. The van der Waals surface area contributed by atoms with Crippen LogP contribution < -0.4 is 9.64 Å². The number of aliphatic hydroxyl groups is 1. The molecule has 1 aromatic heterocycles. The monoisotopic (exact) mass is 505 g/mol.